The van der Waals surface area contributed by atoms with E-state index < -0.39 is 15.9 Å². The number of rotatable bonds is 8. The first-order valence-corrected chi connectivity index (χ1v) is 10.1. The zero-order valence-electron chi connectivity index (χ0n) is 15.2. The van der Waals surface area contributed by atoms with E-state index >= 15 is 0 Å². The number of carbonyl (C=O) groups is 1. The molecular formula is C19H21N3O4S. The van der Waals surface area contributed by atoms with Gasteiger partial charge in [0, 0.05) is 11.8 Å². The third kappa shape index (κ3) is 6.01. The topological polar surface area (TPSA) is 99.5 Å². The molecule has 0 heterocycles. The summed E-state index contributed by atoms with van der Waals surface area (Å²) in [7, 11) is -3.67. The maximum absolute atomic E-state index is 12.4. The van der Waals surface area contributed by atoms with Gasteiger partial charge >= 0.3 is 0 Å². The van der Waals surface area contributed by atoms with E-state index in [1.54, 1.807) is 48.5 Å². The van der Waals surface area contributed by atoms with Crippen LogP contribution in [0.2, 0.25) is 0 Å². The first kappa shape index (κ1) is 20.3. The smallest absolute Gasteiger partial charge is 0.245 e. The highest BCUT2D eigenvalue weighted by Gasteiger charge is 2.21. The Kier molecular flexibility index (Phi) is 6.79. The third-order valence-electron chi connectivity index (χ3n) is 3.63. The first-order valence-electron chi connectivity index (χ1n) is 8.30. The number of benzene rings is 2. The van der Waals surface area contributed by atoms with Gasteiger partial charge in [0.2, 0.25) is 15.9 Å². The van der Waals surface area contributed by atoms with Crippen LogP contribution in [-0.4, -0.2) is 33.7 Å². The molecular weight excluding hydrogens is 366 g/mol. The van der Waals surface area contributed by atoms with E-state index in [1.807, 2.05) is 13.0 Å². The van der Waals surface area contributed by atoms with E-state index in [0.717, 1.165) is 16.1 Å². The molecule has 0 aliphatic rings. The third-order valence-corrected chi connectivity index (χ3v) is 4.77. The SMILES string of the molecule is CCOc1cccc(N(CC(=O)Nc2ccc(CC#N)cc2)S(C)(=O)=O)c1. The van der Waals surface area contributed by atoms with Crippen molar-refractivity contribution in [2.75, 3.05) is 29.0 Å². The van der Waals surface area contributed by atoms with Crippen molar-refractivity contribution in [3.63, 3.8) is 0 Å². The Morgan fingerprint density at radius 3 is 2.52 bits per heavy atom. The number of nitrogens with zero attached hydrogens (tertiary/aromatic N) is 2. The second-order valence-electron chi connectivity index (χ2n) is 5.78. The molecule has 0 bridgehead atoms. The predicted molar refractivity (Wildman–Crippen MR) is 104 cm³/mol. The summed E-state index contributed by atoms with van der Waals surface area (Å²) in [5, 5.41) is 11.3. The Hall–Kier alpha value is -3.05. The summed E-state index contributed by atoms with van der Waals surface area (Å²) in [5.74, 6) is 0.0485. The predicted octanol–water partition coefficient (Wildman–Crippen LogP) is 2.56. The van der Waals surface area contributed by atoms with Crippen LogP contribution in [0.3, 0.4) is 0 Å². The number of nitrogens with one attached hydrogen (secondary N) is 1. The van der Waals surface area contributed by atoms with Crippen molar-refractivity contribution in [2.45, 2.75) is 13.3 Å². The van der Waals surface area contributed by atoms with Crippen LogP contribution in [0.4, 0.5) is 11.4 Å². The van der Waals surface area contributed by atoms with Crippen LogP contribution >= 0.6 is 0 Å². The summed E-state index contributed by atoms with van der Waals surface area (Å²) in [6.45, 7) is 1.91. The number of amides is 1. The highest BCUT2D eigenvalue weighted by molar-refractivity contribution is 7.92. The van der Waals surface area contributed by atoms with E-state index in [2.05, 4.69) is 5.32 Å². The van der Waals surface area contributed by atoms with Crippen LogP contribution in [-0.2, 0) is 21.2 Å². The van der Waals surface area contributed by atoms with Crippen LogP contribution in [0, 0.1) is 11.3 Å². The quantitative estimate of drug-likeness (QED) is 0.750. The Bertz CT molecular complexity index is 934. The van der Waals surface area contributed by atoms with Gasteiger partial charge in [-0.3, -0.25) is 9.10 Å². The standard InChI is InChI=1S/C19H21N3O4S/c1-3-26-18-6-4-5-17(13-18)22(27(2,24)25)14-19(23)21-16-9-7-15(8-10-16)11-12-20/h4-10,13H,3,11,14H2,1-2H3,(H,21,23). The summed E-state index contributed by atoms with van der Waals surface area (Å²) in [6, 6.07) is 15.4. The average molecular weight is 387 g/mol. The molecule has 0 unspecified atom stereocenters. The lowest BCUT2D eigenvalue weighted by Gasteiger charge is -2.22. The first-order chi connectivity index (χ1) is 12.8. The van der Waals surface area contributed by atoms with Crippen molar-refractivity contribution in [1.29, 1.82) is 5.26 Å². The van der Waals surface area contributed by atoms with Crippen molar-refractivity contribution in [1.82, 2.24) is 0 Å². The molecule has 0 saturated carbocycles. The molecule has 0 spiro atoms. The summed E-state index contributed by atoms with van der Waals surface area (Å²) in [6.07, 6.45) is 1.33. The van der Waals surface area contributed by atoms with Gasteiger partial charge in [0.25, 0.3) is 0 Å². The fourth-order valence-electron chi connectivity index (χ4n) is 2.42. The van der Waals surface area contributed by atoms with Crippen LogP contribution in [0.5, 0.6) is 5.75 Å². The Morgan fingerprint density at radius 2 is 1.93 bits per heavy atom. The molecule has 8 heteroatoms. The lowest BCUT2D eigenvalue weighted by Crippen LogP contribution is -2.37. The number of anilines is 2. The summed E-state index contributed by atoms with van der Waals surface area (Å²) in [5.41, 5.74) is 1.71. The second-order valence-corrected chi connectivity index (χ2v) is 7.69. The molecule has 0 fully saturated rings. The summed E-state index contributed by atoms with van der Waals surface area (Å²) >= 11 is 0. The average Bonchev–Trinajstić information content (AvgIpc) is 2.61. The largest absolute Gasteiger partial charge is 0.494 e. The molecule has 0 radical (unpaired) electrons. The number of hydrogen-bond donors (Lipinski definition) is 1. The van der Waals surface area contributed by atoms with Gasteiger partial charge in [-0.25, -0.2) is 8.42 Å². The molecule has 1 amide bonds. The minimum Gasteiger partial charge on any atom is -0.494 e. The minimum atomic E-state index is -3.67. The molecule has 2 aromatic carbocycles. The van der Waals surface area contributed by atoms with E-state index in [0.29, 0.717) is 23.7 Å². The van der Waals surface area contributed by atoms with Crippen molar-refractivity contribution in [3.05, 3.63) is 54.1 Å². The van der Waals surface area contributed by atoms with Crippen molar-refractivity contribution >= 4 is 27.3 Å². The van der Waals surface area contributed by atoms with E-state index in [9.17, 15) is 13.2 Å². The summed E-state index contributed by atoms with van der Waals surface area (Å²) < 4.78 is 30.8. The molecule has 2 rings (SSSR count). The van der Waals surface area contributed by atoms with Crippen molar-refractivity contribution < 1.29 is 17.9 Å². The molecule has 142 valence electrons. The Labute approximate surface area is 159 Å². The van der Waals surface area contributed by atoms with E-state index in [-0.39, 0.29) is 13.0 Å². The number of carbonyl (C=O) groups excluding carboxylic acids is 1. The second kappa shape index (κ2) is 9.05. The van der Waals surface area contributed by atoms with Gasteiger partial charge in [0.05, 0.1) is 31.0 Å². The van der Waals surface area contributed by atoms with Gasteiger partial charge in [-0.2, -0.15) is 5.26 Å². The zero-order valence-corrected chi connectivity index (χ0v) is 16.0. The van der Waals surface area contributed by atoms with Gasteiger partial charge in [0.1, 0.15) is 12.3 Å². The molecule has 2 aromatic rings. The number of sulfonamides is 1. The van der Waals surface area contributed by atoms with Gasteiger partial charge in [-0.1, -0.05) is 18.2 Å². The molecule has 7 nitrogen and oxygen atoms in total. The molecule has 0 aliphatic heterocycles. The molecule has 0 atom stereocenters. The van der Waals surface area contributed by atoms with Crippen molar-refractivity contribution in [2.24, 2.45) is 0 Å². The minimum absolute atomic E-state index is 0.284. The molecule has 0 saturated heterocycles. The molecule has 0 aromatic heterocycles. The Morgan fingerprint density at radius 1 is 1.22 bits per heavy atom. The summed E-state index contributed by atoms with van der Waals surface area (Å²) in [4.78, 5) is 12.4. The number of hydrogen-bond acceptors (Lipinski definition) is 5. The maximum atomic E-state index is 12.4. The van der Waals surface area contributed by atoms with Crippen LogP contribution in [0.25, 0.3) is 0 Å². The fourth-order valence-corrected chi connectivity index (χ4v) is 3.27. The lowest BCUT2D eigenvalue weighted by atomic mass is 10.1. The monoisotopic (exact) mass is 387 g/mol. The number of ether oxygens (including phenoxy) is 1. The van der Waals surface area contributed by atoms with Gasteiger partial charge in [0.15, 0.2) is 0 Å². The fraction of sp³-hybridized carbons (Fsp3) is 0.263. The van der Waals surface area contributed by atoms with Crippen molar-refractivity contribution in [3.8, 4) is 11.8 Å². The van der Waals surface area contributed by atoms with E-state index in [1.165, 1.54) is 0 Å². The van der Waals surface area contributed by atoms with Gasteiger partial charge < -0.3 is 10.1 Å². The molecule has 0 aliphatic carbocycles. The highest BCUT2D eigenvalue weighted by atomic mass is 32.2. The van der Waals surface area contributed by atoms with Gasteiger partial charge in [-0.05, 0) is 36.8 Å². The number of nitriles is 1. The van der Waals surface area contributed by atoms with Gasteiger partial charge in [-0.15, -0.1) is 0 Å². The Balaban J connectivity index is 2.15. The van der Waals surface area contributed by atoms with Crippen LogP contribution in [0.1, 0.15) is 12.5 Å². The maximum Gasteiger partial charge on any atom is 0.245 e. The highest BCUT2D eigenvalue weighted by Crippen LogP contribution is 2.23. The van der Waals surface area contributed by atoms with Crippen LogP contribution < -0.4 is 14.4 Å². The van der Waals surface area contributed by atoms with E-state index in [4.69, 9.17) is 10.00 Å². The molecule has 27 heavy (non-hydrogen) atoms. The molecule has 1 N–H and O–H groups in total. The lowest BCUT2D eigenvalue weighted by molar-refractivity contribution is -0.114. The van der Waals surface area contributed by atoms with Crippen LogP contribution in [0.15, 0.2) is 48.5 Å². The zero-order chi connectivity index (χ0) is 19.9. The normalized spacial score (nSPS) is 10.7.